The Morgan fingerprint density at radius 3 is 2.77 bits per heavy atom. The van der Waals surface area contributed by atoms with Gasteiger partial charge in [0.15, 0.2) is 0 Å². The molecule has 5 heterocycles. The van der Waals surface area contributed by atoms with E-state index in [0.717, 1.165) is 41.7 Å². The second-order valence-corrected chi connectivity index (χ2v) is 10.8. The molecule has 3 atom stereocenters. The zero-order valence-corrected chi connectivity index (χ0v) is 20.2. The molecule has 9 heteroatoms. The third-order valence-electron chi connectivity index (χ3n) is 8.17. The van der Waals surface area contributed by atoms with Gasteiger partial charge in [-0.3, -0.25) is 4.79 Å². The van der Waals surface area contributed by atoms with Crippen molar-refractivity contribution in [1.82, 2.24) is 24.1 Å². The van der Waals surface area contributed by atoms with Crippen LogP contribution in [0.4, 0.5) is 4.39 Å². The molecule has 0 spiro atoms. The molecule has 35 heavy (non-hydrogen) atoms. The third kappa shape index (κ3) is 3.23. The van der Waals surface area contributed by atoms with Crippen molar-refractivity contribution in [2.24, 2.45) is 17.6 Å². The van der Waals surface area contributed by atoms with Crippen molar-refractivity contribution in [3.8, 4) is 11.4 Å². The molecule has 0 aromatic carbocycles. The van der Waals surface area contributed by atoms with E-state index in [-0.39, 0.29) is 18.0 Å². The number of aryl methyl sites for hydroxylation is 1. The molecule has 0 radical (unpaired) electrons. The van der Waals surface area contributed by atoms with E-state index in [1.807, 2.05) is 24.0 Å². The molecular weight excluding hydrogens is 467 g/mol. The first-order valence-corrected chi connectivity index (χ1v) is 12.7. The summed E-state index contributed by atoms with van der Waals surface area (Å²) < 4.78 is 19.1. The van der Waals surface area contributed by atoms with Gasteiger partial charge in [0.05, 0.1) is 11.3 Å². The van der Waals surface area contributed by atoms with Gasteiger partial charge in [-0.2, -0.15) is 5.10 Å². The van der Waals surface area contributed by atoms with Crippen molar-refractivity contribution in [2.45, 2.75) is 51.2 Å². The highest BCUT2D eigenvalue weighted by Gasteiger charge is 2.47. The lowest BCUT2D eigenvalue weighted by atomic mass is 10.1. The molecule has 7 nitrogen and oxygen atoms in total. The first kappa shape index (κ1) is 21.3. The van der Waals surface area contributed by atoms with Crippen molar-refractivity contribution in [1.29, 1.82) is 0 Å². The maximum absolute atomic E-state index is 15.4. The summed E-state index contributed by atoms with van der Waals surface area (Å²) in [6.07, 6.45) is 5.99. The van der Waals surface area contributed by atoms with Gasteiger partial charge in [-0.15, -0.1) is 0 Å². The van der Waals surface area contributed by atoms with Gasteiger partial charge in [0.25, 0.3) is 5.91 Å². The van der Waals surface area contributed by atoms with Crippen molar-refractivity contribution in [3.05, 3.63) is 52.6 Å². The Balaban J connectivity index is 1.34. The predicted octanol–water partition coefficient (Wildman–Crippen LogP) is 4.42. The van der Waals surface area contributed by atoms with Crippen molar-refractivity contribution in [2.75, 3.05) is 6.54 Å². The molecule has 2 bridgehead atoms. The van der Waals surface area contributed by atoms with Crippen LogP contribution in [0, 0.1) is 24.6 Å². The molecule has 3 fully saturated rings. The number of rotatable bonds is 4. The summed E-state index contributed by atoms with van der Waals surface area (Å²) in [4.78, 5) is 19.7. The van der Waals surface area contributed by atoms with Crippen LogP contribution < -0.4 is 5.73 Å². The Kier molecular flexibility index (Phi) is 4.58. The predicted molar refractivity (Wildman–Crippen MR) is 132 cm³/mol. The van der Waals surface area contributed by atoms with E-state index in [2.05, 4.69) is 9.55 Å². The summed E-state index contributed by atoms with van der Waals surface area (Å²) in [6, 6.07) is 7.17. The van der Waals surface area contributed by atoms with Gasteiger partial charge in [-0.05, 0) is 68.7 Å². The van der Waals surface area contributed by atoms with Gasteiger partial charge < -0.3 is 15.2 Å². The Morgan fingerprint density at radius 1 is 1.23 bits per heavy atom. The number of hydrogen-bond donors (Lipinski definition) is 1. The minimum atomic E-state index is -0.452. The lowest BCUT2D eigenvalue weighted by Crippen LogP contribution is -2.41. The summed E-state index contributed by atoms with van der Waals surface area (Å²) in [5.41, 5.74) is 10.1. The van der Waals surface area contributed by atoms with E-state index in [1.54, 1.807) is 12.3 Å². The van der Waals surface area contributed by atoms with E-state index < -0.39 is 5.82 Å². The quantitative estimate of drug-likeness (QED) is 0.427. The minimum absolute atomic E-state index is 0.0153. The number of amides is 1. The normalized spacial score (nSPS) is 23.8. The van der Waals surface area contributed by atoms with Crippen LogP contribution >= 0.6 is 11.6 Å². The molecule has 3 aliphatic rings. The van der Waals surface area contributed by atoms with Crippen LogP contribution in [0.2, 0.25) is 5.15 Å². The molecule has 2 aliphatic carbocycles. The van der Waals surface area contributed by atoms with E-state index >= 15 is 4.39 Å². The molecule has 7 rings (SSSR count). The number of fused-ring (bicyclic) bond motifs is 4. The first-order chi connectivity index (χ1) is 16.9. The lowest BCUT2D eigenvalue weighted by molar-refractivity contribution is 0.0699. The van der Waals surface area contributed by atoms with Crippen molar-refractivity contribution >= 4 is 34.1 Å². The SMILES string of the molecule is Cc1c(-c2cc3ccc(Cl)nc3n2CC2CC2)nn2cc(C(=O)N3CC4CCC3[C@@H]4N)cc(F)c12. The minimum Gasteiger partial charge on any atom is -0.334 e. The summed E-state index contributed by atoms with van der Waals surface area (Å²) >= 11 is 6.21. The monoisotopic (exact) mass is 492 g/mol. The zero-order chi connectivity index (χ0) is 24.0. The van der Waals surface area contributed by atoms with Crippen LogP contribution in [0.1, 0.15) is 41.6 Å². The topological polar surface area (TPSA) is 81.5 Å². The second kappa shape index (κ2) is 7.51. The fourth-order valence-electron chi connectivity index (χ4n) is 6.12. The van der Waals surface area contributed by atoms with E-state index in [1.165, 1.54) is 23.4 Å². The lowest BCUT2D eigenvalue weighted by Gasteiger charge is -2.27. The maximum atomic E-state index is 15.4. The number of nitrogens with two attached hydrogens (primary N) is 1. The average Bonchev–Trinajstić information content (AvgIpc) is 3.25. The van der Waals surface area contributed by atoms with Crippen LogP contribution in [0.5, 0.6) is 0 Å². The van der Waals surface area contributed by atoms with Gasteiger partial charge in [0.2, 0.25) is 0 Å². The number of nitrogens with zero attached hydrogens (tertiary/aromatic N) is 5. The van der Waals surface area contributed by atoms with Crippen LogP contribution in [-0.2, 0) is 6.54 Å². The third-order valence-corrected chi connectivity index (χ3v) is 8.38. The van der Waals surface area contributed by atoms with Gasteiger partial charge in [-0.1, -0.05) is 11.6 Å². The van der Waals surface area contributed by atoms with E-state index in [4.69, 9.17) is 22.4 Å². The molecule has 4 aromatic rings. The molecule has 2 N–H and O–H groups in total. The summed E-state index contributed by atoms with van der Waals surface area (Å²) in [5.74, 6) is 0.314. The standard InChI is InChI=1S/C26H26ClFN6O/c1-13-23(20-9-15-5-7-21(27)30-25(15)32(20)10-14-2-3-14)31-34-12-17(8-18(28)24(13)34)26(35)33-11-16-4-6-19(33)22(16)29/h5,7-9,12,14,16,19,22H,2-4,6,10-11,29H2,1H3/t16?,19?,22-/m1/s1. The van der Waals surface area contributed by atoms with Gasteiger partial charge in [0.1, 0.15) is 27.8 Å². The van der Waals surface area contributed by atoms with Gasteiger partial charge >= 0.3 is 0 Å². The highest BCUT2D eigenvalue weighted by atomic mass is 35.5. The van der Waals surface area contributed by atoms with Crippen molar-refractivity contribution < 1.29 is 9.18 Å². The number of halogens is 2. The number of carbonyl (C=O) groups is 1. The molecular formula is C26H26ClFN6O. The number of piperidine rings is 1. The highest BCUT2D eigenvalue weighted by molar-refractivity contribution is 6.29. The molecule has 2 unspecified atom stereocenters. The zero-order valence-electron chi connectivity index (χ0n) is 19.4. The van der Waals surface area contributed by atoms with Crippen LogP contribution in [0.3, 0.4) is 0 Å². The largest absolute Gasteiger partial charge is 0.334 e. The van der Waals surface area contributed by atoms with Crippen LogP contribution in [0.25, 0.3) is 27.9 Å². The smallest absolute Gasteiger partial charge is 0.255 e. The second-order valence-electron chi connectivity index (χ2n) is 10.4. The Hall–Kier alpha value is -2.97. The van der Waals surface area contributed by atoms with Crippen LogP contribution in [0.15, 0.2) is 30.5 Å². The Bertz CT molecular complexity index is 1520. The number of pyridine rings is 2. The van der Waals surface area contributed by atoms with E-state index in [9.17, 15) is 4.79 Å². The van der Waals surface area contributed by atoms with Crippen LogP contribution in [-0.4, -0.2) is 48.6 Å². The Morgan fingerprint density at radius 2 is 2.06 bits per heavy atom. The summed E-state index contributed by atoms with van der Waals surface area (Å²) in [6.45, 7) is 3.34. The molecule has 1 amide bonds. The Labute approximate surface area is 206 Å². The molecule has 4 aromatic heterocycles. The molecule has 2 saturated carbocycles. The van der Waals surface area contributed by atoms with Gasteiger partial charge in [0, 0.05) is 42.3 Å². The fourth-order valence-corrected chi connectivity index (χ4v) is 6.27. The molecule has 1 saturated heterocycles. The first-order valence-electron chi connectivity index (χ1n) is 12.3. The summed E-state index contributed by atoms with van der Waals surface area (Å²) in [7, 11) is 0. The van der Waals surface area contributed by atoms with E-state index in [0.29, 0.717) is 40.3 Å². The number of hydrogen-bond acceptors (Lipinski definition) is 4. The summed E-state index contributed by atoms with van der Waals surface area (Å²) in [5, 5.41) is 6.19. The highest BCUT2D eigenvalue weighted by Crippen LogP contribution is 2.39. The number of likely N-dealkylation sites (tertiary alicyclic amines) is 1. The molecule has 180 valence electrons. The maximum Gasteiger partial charge on any atom is 0.255 e. The number of carbonyl (C=O) groups excluding carboxylic acids is 1. The average molecular weight is 493 g/mol. The molecule has 1 aliphatic heterocycles. The van der Waals surface area contributed by atoms with Crippen molar-refractivity contribution in [3.63, 3.8) is 0 Å². The van der Waals surface area contributed by atoms with Gasteiger partial charge in [-0.25, -0.2) is 13.9 Å². The fraction of sp³-hybridized carbons (Fsp3) is 0.423. The number of aromatic nitrogens is 4.